The molecule has 2 fully saturated rings. The number of aliphatic hydroxyl groups is 1. The highest BCUT2D eigenvalue weighted by Gasteiger charge is 2.27. The molecule has 1 saturated carbocycles. The third-order valence-electron chi connectivity index (χ3n) is 3.80. The maximum absolute atomic E-state index is 11.7. The number of aliphatic hydroxyl groups excluding tert-OH is 1. The van der Waals surface area contributed by atoms with Gasteiger partial charge in [0.25, 0.3) is 0 Å². The number of nitrogens with two attached hydrogens (primary N) is 1. The molecule has 0 unspecified atom stereocenters. The molecule has 1 saturated heterocycles. The van der Waals surface area contributed by atoms with Crippen molar-refractivity contribution in [2.45, 2.75) is 37.8 Å². The van der Waals surface area contributed by atoms with E-state index < -0.39 is 0 Å². The zero-order valence-electron chi connectivity index (χ0n) is 10.3. The first-order valence-electron chi connectivity index (χ1n) is 6.56. The van der Waals surface area contributed by atoms with E-state index in [1.165, 1.54) is 0 Å². The Hall–Kier alpha value is -0.650. The Balaban J connectivity index is 1.57. The van der Waals surface area contributed by atoms with Crippen molar-refractivity contribution < 1.29 is 9.90 Å². The second-order valence-electron chi connectivity index (χ2n) is 5.41. The molecule has 0 spiro atoms. The molecule has 0 atom stereocenters. The lowest BCUT2D eigenvalue weighted by atomic mass is 9.82. The fourth-order valence-corrected chi connectivity index (χ4v) is 2.50. The molecular weight excluding hydrogens is 218 g/mol. The van der Waals surface area contributed by atoms with Crippen LogP contribution in [0.3, 0.4) is 0 Å². The van der Waals surface area contributed by atoms with Gasteiger partial charge in [-0.05, 0) is 31.6 Å². The van der Waals surface area contributed by atoms with Crippen LogP contribution in [0.2, 0.25) is 0 Å². The molecule has 1 heterocycles. The Labute approximate surface area is 102 Å². The number of piperidine rings is 1. The monoisotopic (exact) mass is 241 g/mol. The molecule has 0 aromatic rings. The summed E-state index contributed by atoms with van der Waals surface area (Å²) in [5.41, 5.74) is 5.81. The summed E-state index contributed by atoms with van der Waals surface area (Å²) in [6.07, 6.45) is 3.50. The van der Waals surface area contributed by atoms with Gasteiger partial charge in [-0.25, -0.2) is 0 Å². The Bertz CT molecular complexity index is 258. The zero-order valence-corrected chi connectivity index (χ0v) is 10.3. The molecule has 0 radical (unpaired) electrons. The van der Waals surface area contributed by atoms with Gasteiger partial charge in [0.15, 0.2) is 0 Å². The van der Waals surface area contributed by atoms with Gasteiger partial charge >= 0.3 is 0 Å². The van der Waals surface area contributed by atoms with Gasteiger partial charge < -0.3 is 16.2 Å². The molecule has 1 amide bonds. The second kappa shape index (κ2) is 5.80. The van der Waals surface area contributed by atoms with Crippen LogP contribution in [0.25, 0.3) is 0 Å². The number of nitrogens with one attached hydrogen (secondary N) is 1. The van der Waals surface area contributed by atoms with Crippen molar-refractivity contribution in [2.24, 2.45) is 11.7 Å². The van der Waals surface area contributed by atoms with Crippen molar-refractivity contribution in [1.29, 1.82) is 0 Å². The molecule has 1 aliphatic heterocycles. The van der Waals surface area contributed by atoms with Gasteiger partial charge in [0, 0.05) is 25.7 Å². The average molecular weight is 241 g/mol. The van der Waals surface area contributed by atoms with Gasteiger partial charge in [-0.2, -0.15) is 0 Å². The minimum Gasteiger partial charge on any atom is -0.393 e. The van der Waals surface area contributed by atoms with Crippen molar-refractivity contribution >= 4 is 5.91 Å². The summed E-state index contributed by atoms with van der Waals surface area (Å²) in [5.74, 6) is 0.575. The molecular formula is C12H23N3O2. The maximum atomic E-state index is 11.7. The number of amides is 1. The average Bonchev–Trinajstić information content (AvgIpc) is 2.26. The number of rotatable bonds is 4. The standard InChI is InChI=1S/C12H23N3O2/c13-10-1-3-15(4-2-10)8-12(17)14-7-9-5-11(16)6-9/h9-11,16H,1-8,13H2,(H,14,17). The van der Waals surface area contributed by atoms with Gasteiger partial charge in [0.1, 0.15) is 0 Å². The Kier molecular flexibility index (Phi) is 4.36. The van der Waals surface area contributed by atoms with Crippen molar-refractivity contribution in [2.75, 3.05) is 26.2 Å². The summed E-state index contributed by atoms with van der Waals surface area (Å²) < 4.78 is 0. The van der Waals surface area contributed by atoms with Gasteiger partial charge in [0.2, 0.25) is 5.91 Å². The van der Waals surface area contributed by atoms with Crippen LogP contribution in [0.1, 0.15) is 25.7 Å². The topological polar surface area (TPSA) is 78.6 Å². The first kappa shape index (κ1) is 12.8. The summed E-state index contributed by atoms with van der Waals surface area (Å²) in [6, 6.07) is 0.311. The second-order valence-corrected chi connectivity index (χ2v) is 5.41. The number of hydrogen-bond donors (Lipinski definition) is 3. The highest BCUT2D eigenvalue weighted by molar-refractivity contribution is 5.78. The van der Waals surface area contributed by atoms with Crippen molar-refractivity contribution in [1.82, 2.24) is 10.2 Å². The lowest BCUT2D eigenvalue weighted by Gasteiger charge is -2.32. The van der Waals surface area contributed by atoms with Gasteiger partial charge in [0.05, 0.1) is 12.6 Å². The Morgan fingerprint density at radius 2 is 2.00 bits per heavy atom. The van der Waals surface area contributed by atoms with Crippen LogP contribution in [0.15, 0.2) is 0 Å². The molecule has 2 rings (SSSR count). The minimum atomic E-state index is -0.138. The molecule has 1 aliphatic carbocycles. The third-order valence-corrected chi connectivity index (χ3v) is 3.80. The molecule has 0 bridgehead atoms. The summed E-state index contributed by atoms with van der Waals surface area (Å²) in [5, 5.41) is 12.1. The smallest absolute Gasteiger partial charge is 0.234 e. The molecule has 0 aromatic heterocycles. The molecule has 98 valence electrons. The van der Waals surface area contributed by atoms with Gasteiger partial charge in [-0.3, -0.25) is 9.69 Å². The first-order chi connectivity index (χ1) is 8.13. The fourth-order valence-electron chi connectivity index (χ4n) is 2.50. The molecule has 4 N–H and O–H groups in total. The quantitative estimate of drug-likeness (QED) is 0.608. The minimum absolute atomic E-state index is 0.0989. The number of hydrogen-bond acceptors (Lipinski definition) is 4. The molecule has 2 aliphatic rings. The number of carbonyl (C=O) groups is 1. The van der Waals surface area contributed by atoms with Gasteiger partial charge in [-0.1, -0.05) is 0 Å². The van der Waals surface area contributed by atoms with Crippen LogP contribution in [-0.4, -0.2) is 54.2 Å². The fraction of sp³-hybridized carbons (Fsp3) is 0.917. The van der Waals surface area contributed by atoms with Crippen LogP contribution < -0.4 is 11.1 Å². The van der Waals surface area contributed by atoms with E-state index in [-0.39, 0.29) is 12.0 Å². The predicted octanol–water partition coefficient (Wildman–Crippen LogP) is -0.703. The first-order valence-corrected chi connectivity index (χ1v) is 6.56. The normalized spacial score (nSPS) is 30.9. The van der Waals surface area contributed by atoms with Crippen molar-refractivity contribution in [3.8, 4) is 0 Å². The number of nitrogens with zero attached hydrogens (tertiary/aromatic N) is 1. The van der Waals surface area contributed by atoms with Crippen molar-refractivity contribution in [3.63, 3.8) is 0 Å². The van der Waals surface area contributed by atoms with E-state index in [4.69, 9.17) is 10.8 Å². The van der Waals surface area contributed by atoms with Crippen LogP contribution in [-0.2, 0) is 4.79 Å². The van der Waals surface area contributed by atoms with E-state index in [0.717, 1.165) is 38.8 Å². The Morgan fingerprint density at radius 1 is 1.35 bits per heavy atom. The largest absolute Gasteiger partial charge is 0.393 e. The molecule has 17 heavy (non-hydrogen) atoms. The highest BCUT2D eigenvalue weighted by atomic mass is 16.3. The zero-order chi connectivity index (χ0) is 12.3. The lowest BCUT2D eigenvalue weighted by molar-refractivity contribution is -0.123. The lowest BCUT2D eigenvalue weighted by Crippen LogP contribution is -2.46. The van der Waals surface area contributed by atoms with Crippen molar-refractivity contribution in [3.05, 3.63) is 0 Å². The summed E-state index contributed by atoms with van der Waals surface area (Å²) in [7, 11) is 0. The van der Waals surface area contributed by atoms with E-state index in [0.29, 0.717) is 25.0 Å². The molecule has 0 aromatic carbocycles. The van der Waals surface area contributed by atoms with E-state index in [1.807, 2.05) is 0 Å². The number of carbonyl (C=O) groups excluding carboxylic acids is 1. The van der Waals surface area contributed by atoms with Crippen LogP contribution in [0, 0.1) is 5.92 Å². The van der Waals surface area contributed by atoms with Crippen LogP contribution in [0.5, 0.6) is 0 Å². The van der Waals surface area contributed by atoms with Crippen LogP contribution in [0.4, 0.5) is 0 Å². The summed E-state index contributed by atoms with van der Waals surface area (Å²) in [6.45, 7) is 3.05. The maximum Gasteiger partial charge on any atom is 0.234 e. The van der Waals surface area contributed by atoms with E-state index in [2.05, 4.69) is 10.2 Å². The molecule has 5 nitrogen and oxygen atoms in total. The predicted molar refractivity (Wildman–Crippen MR) is 65.4 cm³/mol. The third kappa shape index (κ3) is 3.94. The number of likely N-dealkylation sites (tertiary alicyclic amines) is 1. The van der Waals surface area contributed by atoms with Gasteiger partial charge in [-0.15, -0.1) is 0 Å². The summed E-state index contributed by atoms with van der Waals surface area (Å²) >= 11 is 0. The molecule has 5 heteroatoms. The SMILES string of the molecule is NC1CCN(CC(=O)NCC2CC(O)C2)CC1. The van der Waals surface area contributed by atoms with Crippen LogP contribution >= 0.6 is 0 Å². The summed E-state index contributed by atoms with van der Waals surface area (Å²) in [4.78, 5) is 13.8. The highest BCUT2D eigenvalue weighted by Crippen LogP contribution is 2.25. The van der Waals surface area contributed by atoms with E-state index >= 15 is 0 Å². The van der Waals surface area contributed by atoms with E-state index in [1.54, 1.807) is 0 Å². The Morgan fingerprint density at radius 3 is 2.59 bits per heavy atom. The van der Waals surface area contributed by atoms with E-state index in [9.17, 15) is 4.79 Å².